The van der Waals surface area contributed by atoms with Gasteiger partial charge in [0.15, 0.2) is 17.3 Å². The van der Waals surface area contributed by atoms with Crippen LogP contribution in [0, 0.1) is 5.92 Å². The Morgan fingerprint density at radius 1 is 1.10 bits per heavy atom. The molecule has 1 atom stereocenters. The number of likely N-dealkylation sites (tertiary alicyclic amines) is 1. The van der Waals surface area contributed by atoms with E-state index in [0.29, 0.717) is 55.6 Å². The number of anilines is 1. The molecule has 0 saturated carbocycles. The minimum absolute atomic E-state index is 0.0937. The number of piperidine rings is 1. The number of rotatable bonds is 5. The number of hydrogen-bond acceptors (Lipinski definition) is 7. The van der Waals surface area contributed by atoms with Gasteiger partial charge in [-0.1, -0.05) is 0 Å². The van der Waals surface area contributed by atoms with Crippen molar-refractivity contribution in [2.24, 2.45) is 5.92 Å². The number of ketones is 1. The monoisotopic (exact) mass is 417 g/mol. The van der Waals surface area contributed by atoms with Gasteiger partial charge in [0.1, 0.15) is 0 Å². The number of amides is 2. The van der Waals surface area contributed by atoms with E-state index in [4.69, 9.17) is 14.2 Å². The van der Waals surface area contributed by atoms with E-state index < -0.39 is 0 Å². The Morgan fingerprint density at radius 3 is 2.57 bits per heavy atom. The van der Waals surface area contributed by atoms with E-state index in [0.717, 1.165) is 19.4 Å². The highest BCUT2D eigenvalue weighted by molar-refractivity contribution is 6.05. The molecule has 0 aliphatic carbocycles. The zero-order chi connectivity index (χ0) is 21.1. The Hall–Kier alpha value is -2.65. The summed E-state index contributed by atoms with van der Waals surface area (Å²) in [5, 5.41) is 2.83. The van der Waals surface area contributed by atoms with E-state index in [1.807, 2.05) is 9.80 Å². The van der Waals surface area contributed by atoms with E-state index in [2.05, 4.69) is 5.32 Å². The average Bonchev–Trinajstić information content (AvgIpc) is 3.20. The van der Waals surface area contributed by atoms with Crippen LogP contribution in [0.15, 0.2) is 12.1 Å². The fourth-order valence-electron chi connectivity index (χ4n) is 4.17. The van der Waals surface area contributed by atoms with Gasteiger partial charge in [0.05, 0.1) is 31.4 Å². The second kappa shape index (κ2) is 9.01. The molecule has 2 amide bonds. The highest BCUT2D eigenvalue weighted by atomic mass is 16.7. The fourth-order valence-corrected chi connectivity index (χ4v) is 4.17. The van der Waals surface area contributed by atoms with Crippen LogP contribution in [0.4, 0.5) is 5.69 Å². The Bertz CT molecular complexity index is 836. The van der Waals surface area contributed by atoms with Gasteiger partial charge < -0.3 is 24.4 Å². The number of nitrogens with zero attached hydrogens (tertiary/aromatic N) is 2. The van der Waals surface area contributed by atoms with Crippen LogP contribution in [0.5, 0.6) is 11.5 Å². The van der Waals surface area contributed by atoms with Gasteiger partial charge in [-0.2, -0.15) is 0 Å². The van der Waals surface area contributed by atoms with Crippen molar-refractivity contribution in [1.82, 2.24) is 9.80 Å². The molecule has 162 valence electrons. The number of carbonyl (C=O) groups is 3. The summed E-state index contributed by atoms with van der Waals surface area (Å²) in [6, 6.07) is 3.22. The Morgan fingerprint density at radius 2 is 1.83 bits per heavy atom. The molecule has 9 nitrogen and oxygen atoms in total. The summed E-state index contributed by atoms with van der Waals surface area (Å²) < 4.78 is 16.0. The van der Waals surface area contributed by atoms with Crippen LogP contribution in [0.1, 0.15) is 30.1 Å². The van der Waals surface area contributed by atoms with Crippen LogP contribution in [-0.2, 0) is 14.3 Å². The molecule has 1 unspecified atom stereocenters. The van der Waals surface area contributed by atoms with Gasteiger partial charge in [-0.25, -0.2) is 0 Å². The topological polar surface area (TPSA) is 97.4 Å². The van der Waals surface area contributed by atoms with Gasteiger partial charge in [-0.15, -0.1) is 0 Å². The summed E-state index contributed by atoms with van der Waals surface area (Å²) in [5.74, 6) is 0.665. The van der Waals surface area contributed by atoms with Crippen molar-refractivity contribution in [2.45, 2.75) is 19.8 Å². The summed E-state index contributed by atoms with van der Waals surface area (Å²) in [4.78, 5) is 41.3. The van der Waals surface area contributed by atoms with Gasteiger partial charge in [0.25, 0.3) is 0 Å². The smallest absolute Gasteiger partial charge is 0.238 e. The van der Waals surface area contributed by atoms with E-state index >= 15 is 0 Å². The number of nitrogens with one attached hydrogen (secondary N) is 1. The molecule has 1 aromatic carbocycles. The maximum Gasteiger partial charge on any atom is 0.238 e. The first-order valence-corrected chi connectivity index (χ1v) is 10.3. The molecule has 1 aromatic rings. The number of ether oxygens (including phenoxy) is 3. The van der Waals surface area contributed by atoms with Gasteiger partial charge in [0, 0.05) is 31.3 Å². The second-order valence-electron chi connectivity index (χ2n) is 7.87. The lowest BCUT2D eigenvalue weighted by molar-refractivity contribution is -0.141. The molecule has 3 heterocycles. The zero-order valence-electron chi connectivity index (χ0n) is 17.1. The Kier molecular flexibility index (Phi) is 6.19. The summed E-state index contributed by atoms with van der Waals surface area (Å²) in [6.07, 6.45) is 1.71. The molecule has 0 spiro atoms. The molecule has 0 aromatic heterocycles. The molecule has 4 rings (SSSR count). The third-order valence-electron chi connectivity index (χ3n) is 5.71. The lowest BCUT2D eigenvalue weighted by Gasteiger charge is -2.35. The lowest BCUT2D eigenvalue weighted by atomic mass is 9.96. The van der Waals surface area contributed by atoms with E-state index in [-0.39, 0.29) is 36.9 Å². The van der Waals surface area contributed by atoms with Crippen molar-refractivity contribution in [3.8, 4) is 11.5 Å². The molecular formula is C21H27N3O6. The Labute approximate surface area is 175 Å². The quantitative estimate of drug-likeness (QED) is 0.717. The van der Waals surface area contributed by atoms with Crippen LogP contribution in [-0.4, -0.2) is 80.1 Å². The first-order valence-electron chi connectivity index (χ1n) is 10.3. The maximum atomic E-state index is 12.8. The maximum absolute atomic E-state index is 12.8. The van der Waals surface area contributed by atoms with Crippen molar-refractivity contribution in [2.75, 3.05) is 58.0 Å². The third-order valence-corrected chi connectivity index (χ3v) is 5.71. The molecule has 1 N–H and O–H groups in total. The lowest BCUT2D eigenvalue weighted by Crippen LogP contribution is -2.49. The van der Waals surface area contributed by atoms with Gasteiger partial charge in [-0.3, -0.25) is 19.3 Å². The number of hydrogen-bond donors (Lipinski definition) is 1. The van der Waals surface area contributed by atoms with Crippen LogP contribution >= 0.6 is 0 Å². The SMILES string of the molecule is CC(=O)c1cc2c(cc1NC(=O)CN1CCCC(C(=O)N3CCOCC3)C1)OCO2. The number of morpholine rings is 1. The second-order valence-corrected chi connectivity index (χ2v) is 7.87. The number of Topliss-reactive ketones (excluding diaryl/α,β-unsaturated/α-hetero) is 1. The van der Waals surface area contributed by atoms with Crippen LogP contribution in [0.3, 0.4) is 0 Å². The summed E-state index contributed by atoms with van der Waals surface area (Å²) in [6.45, 7) is 5.46. The highest BCUT2D eigenvalue weighted by Crippen LogP contribution is 2.37. The predicted molar refractivity (Wildman–Crippen MR) is 108 cm³/mol. The van der Waals surface area contributed by atoms with Crippen LogP contribution in [0.2, 0.25) is 0 Å². The van der Waals surface area contributed by atoms with Gasteiger partial charge in [-0.05, 0) is 32.4 Å². The fraction of sp³-hybridized carbons (Fsp3) is 0.571. The minimum atomic E-state index is -0.226. The minimum Gasteiger partial charge on any atom is -0.454 e. The van der Waals surface area contributed by atoms with Crippen molar-refractivity contribution in [1.29, 1.82) is 0 Å². The Balaban J connectivity index is 1.37. The zero-order valence-corrected chi connectivity index (χ0v) is 17.1. The summed E-state index contributed by atoms with van der Waals surface area (Å²) in [5.41, 5.74) is 0.793. The standard InChI is InChI=1S/C21H27N3O6/c1-14(25)16-9-18-19(30-13-29-18)10-17(16)22-20(26)12-23-4-2-3-15(11-23)21(27)24-5-7-28-8-6-24/h9-10,15H,2-8,11-13H2,1H3,(H,22,26). The van der Waals surface area contributed by atoms with Crippen LogP contribution in [0.25, 0.3) is 0 Å². The number of fused-ring (bicyclic) bond motifs is 1. The first-order chi connectivity index (χ1) is 14.5. The van der Waals surface area contributed by atoms with Crippen molar-refractivity contribution >= 4 is 23.3 Å². The normalized spacial score (nSPS) is 21.4. The molecule has 3 aliphatic rings. The van der Waals surface area contributed by atoms with Crippen molar-refractivity contribution in [3.63, 3.8) is 0 Å². The molecule has 3 aliphatic heterocycles. The summed E-state index contributed by atoms with van der Waals surface area (Å²) >= 11 is 0. The molecule has 0 radical (unpaired) electrons. The molecular weight excluding hydrogens is 390 g/mol. The number of carbonyl (C=O) groups excluding carboxylic acids is 3. The van der Waals surface area contributed by atoms with E-state index in [1.54, 1.807) is 12.1 Å². The van der Waals surface area contributed by atoms with Crippen molar-refractivity contribution < 1.29 is 28.6 Å². The third kappa shape index (κ3) is 4.57. The molecule has 30 heavy (non-hydrogen) atoms. The molecule has 2 fully saturated rings. The van der Waals surface area contributed by atoms with Crippen molar-refractivity contribution in [3.05, 3.63) is 17.7 Å². The largest absolute Gasteiger partial charge is 0.454 e. The molecule has 2 saturated heterocycles. The van der Waals surface area contributed by atoms with E-state index in [9.17, 15) is 14.4 Å². The predicted octanol–water partition coefficient (Wildman–Crippen LogP) is 1.13. The van der Waals surface area contributed by atoms with E-state index in [1.165, 1.54) is 6.92 Å². The average molecular weight is 417 g/mol. The van der Waals surface area contributed by atoms with Gasteiger partial charge >= 0.3 is 0 Å². The number of benzene rings is 1. The van der Waals surface area contributed by atoms with Crippen LogP contribution < -0.4 is 14.8 Å². The summed E-state index contributed by atoms with van der Waals surface area (Å²) in [7, 11) is 0. The highest BCUT2D eigenvalue weighted by Gasteiger charge is 2.31. The molecule has 9 heteroatoms. The first kappa shape index (κ1) is 20.6. The molecule has 0 bridgehead atoms. The van der Waals surface area contributed by atoms with Gasteiger partial charge in [0.2, 0.25) is 18.6 Å².